The highest BCUT2D eigenvalue weighted by Gasteiger charge is 2.18. The number of rotatable bonds is 2. The maximum Gasteiger partial charge on any atom is 0.216 e. The van der Waals surface area contributed by atoms with Gasteiger partial charge in [-0.05, 0) is 0 Å². The van der Waals surface area contributed by atoms with E-state index in [-0.39, 0.29) is 0 Å². The van der Waals surface area contributed by atoms with Crippen LogP contribution in [0.3, 0.4) is 0 Å². The number of hydrogen-bond donors (Lipinski definition) is 0. The molecule has 0 heterocycles. The molecule has 0 saturated carbocycles. The molecule has 0 fully saturated rings. The zero-order valence-electron chi connectivity index (χ0n) is 4.37. The van der Waals surface area contributed by atoms with Gasteiger partial charge in [-0.25, -0.2) is 0 Å². The minimum absolute atomic E-state index is 0.604. The summed E-state index contributed by atoms with van der Waals surface area (Å²) < 4.78 is 3.65. The predicted molar refractivity (Wildman–Crippen MR) is 31.7 cm³/mol. The molecule has 1 nitrogen and oxygen atoms in total. The second-order valence-electron chi connectivity index (χ2n) is 1.20. The molecular formula is C4H8Cl2O. The lowest BCUT2D eigenvalue weighted by Crippen LogP contribution is -2.12. The molecule has 3 heteroatoms. The van der Waals surface area contributed by atoms with Crippen molar-refractivity contribution in [2.75, 3.05) is 7.11 Å². The number of ether oxygens (including phenoxy) is 1. The predicted octanol–water partition coefficient (Wildman–Crippen LogP) is 2.17. The summed E-state index contributed by atoms with van der Waals surface area (Å²) in [6, 6.07) is 0. The Morgan fingerprint density at radius 3 is 2.00 bits per heavy atom. The molecular weight excluding hydrogens is 135 g/mol. The van der Waals surface area contributed by atoms with Crippen LogP contribution >= 0.6 is 23.2 Å². The van der Waals surface area contributed by atoms with Gasteiger partial charge in [0.2, 0.25) is 4.52 Å². The van der Waals surface area contributed by atoms with Crippen LogP contribution in [-0.2, 0) is 4.74 Å². The lowest BCUT2D eigenvalue weighted by Gasteiger charge is -2.12. The maximum atomic E-state index is 5.45. The Morgan fingerprint density at radius 2 is 2.00 bits per heavy atom. The summed E-state index contributed by atoms with van der Waals surface area (Å²) in [5.74, 6) is 0. The van der Waals surface area contributed by atoms with E-state index in [0.717, 1.165) is 0 Å². The summed E-state index contributed by atoms with van der Waals surface area (Å²) >= 11 is 10.9. The lowest BCUT2D eigenvalue weighted by atomic mass is 10.5. The van der Waals surface area contributed by atoms with Crippen LogP contribution in [-0.4, -0.2) is 11.6 Å². The van der Waals surface area contributed by atoms with Crippen LogP contribution in [0.2, 0.25) is 0 Å². The summed E-state index contributed by atoms with van der Waals surface area (Å²) in [5.41, 5.74) is 0. The van der Waals surface area contributed by atoms with E-state index in [1.54, 1.807) is 0 Å². The summed E-state index contributed by atoms with van der Waals surface area (Å²) in [6.45, 7) is 1.85. The van der Waals surface area contributed by atoms with Gasteiger partial charge in [0, 0.05) is 13.5 Å². The molecule has 0 atom stereocenters. The fourth-order valence-electron chi connectivity index (χ4n) is 0.144. The topological polar surface area (TPSA) is 9.23 Å². The average molecular weight is 143 g/mol. The normalized spacial score (nSPS) is 12.0. The quantitative estimate of drug-likeness (QED) is 0.538. The highest BCUT2D eigenvalue weighted by molar-refractivity contribution is 6.47. The molecule has 0 amide bonds. The minimum atomic E-state index is -0.972. The molecule has 44 valence electrons. The number of halogens is 2. The first kappa shape index (κ1) is 7.54. The van der Waals surface area contributed by atoms with Gasteiger partial charge in [0.25, 0.3) is 0 Å². The number of alkyl halides is 2. The fourth-order valence-corrected chi connectivity index (χ4v) is 0.144. The van der Waals surface area contributed by atoms with Crippen molar-refractivity contribution >= 4 is 23.2 Å². The first-order valence-electron chi connectivity index (χ1n) is 2.05. The maximum absolute atomic E-state index is 5.45. The standard InChI is InChI=1S/C4H8Cl2O/c1-3-4(5,6)7-2/h3H2,1-2H3. The van der Waals surface area contributed by atoms with Crippen molar-refractivity contribution in [3.63, 3.8) is 0 Å². The Kier molecular flexibility index (Phi) is 2.96. The molecule has 0 aliphatic rings. The van der Waals surface area contributed by atoms with Crippen molar-refractivity contribution in [3.8, 4) is 0 Å². The zero-order chi connectivity index (χ0) is 5.91. The zero-order valence-corrected chi connectivity index (χ0v) is 5.88. The highest BCUT2D eigenvalue weighted by Crippen LogP contribution is 2.24. The van der Waals surface area contributed by atoms with Crippen molar-refractivity contribution in [3.05, 3.63) is 0 Å². The molecule has 0 rings (SSSR count). The molecule has 0 aromatic carbocycles. The number of hydrogen-bond acceptors (Lipinski definition) is 1. The fraction of sp³-hybridized carbons (Fsp3) is 1.00. The van der Waals surface area contributed by atoms with Crippen molar-refractivity contribution in [2.24, 2.45) is 0 Å². The summed E-state index contributed by atoms with van der Waals surface area (Å²) in [6.07, 6.45) is 0.604. The lowest BCUT2D eigenvalue weighted by molar-refractivity contribution is 0.130. The van der Waals surface area contributed by atoms with E-state index in [1.165, 1.54) is 7.11 Å². The molecule has 0 radical (unpaired) electrons. The van der Waals surface area contributed by atoms with Crippen LogP contribution in [0.5, 0.6) is 0 Å². The Morgan fingerprint density at radius 1 is 1.57 bits per heavy atom. The van der Waals surface area contributed by atoms with E-state index in [2.05, 4.69) is 4.74 Å². The Bertz CT molecular complexity index is 47.7. The largest absolute Gasteiger partial charge is 0.350 e. The van der Waals surface area contributed by atoms with Gasteiger partial charge in [-0.3, -0.25) is 0 Å². The van der Waals surface area contributed by atoms with Crippen molar-refractivity contribution < 1.29 is 4.74 Å². The van der Waals surface area contributed by atoms with Crippen LogP contribution in [0.25, 0.3) is 0 Å². The van der Waals surface area contributed by atoms with Crippen molar-refractivity contribution in [1.29, 1.82) is 0 Å². The van der Waals surface area contributed by atoms with Crippen LogP contribution in [0.15, 0.2) is 0 Å². The molecule has 0 aromatic rings. The second-order valence-corrected chi connectivity index (χ2v) is 2.61. The monoisotopic (exact) mass is 142 g/mol. The van der Waals surface area contributed by atoms with Gasteiger partial charge in [-0.15, -0.1) is 0 Å². The molecule has 0 N–H and O–H groups in total. The molecule has 0 bridgehead atoms. The van der Waals surface area contributed by atoms with E-state index in [0.29, 0.717) is 6.42 Å². The molecule has 0 saturated heterocycles. The molecule has 7 heavy (non-hydrogen) atoms. The first-order chi connectivity index (χ1) is 3.12. The van der Waals surface area contributed by atoms with Crippen LogP contribution in [0.4, 0.5) is 0 Å². The summed E-state index contributed by atoms with van der Waals surface area (Å²) in [4.78, 5) is 0. The van der Waals surface area contributed by atoms with E-state index in [9.17, 15) is 0 Å². The Balaban J connectivity index is 3.36. The van der Waals surface area contributed by atoms with Gasteiger partial charge in [-0.1, -0.05) is 30.1 Å². The van der Waals surface area contributed by atoms with E-state index >= 15 is 0 Å². The third-order valence-electron chi connectivity index (χ3n) is 0.710. The van der Waals surface area contributed by atoms with Gasteiger partial charge < -0.3 is 4.74 Å². The Hall–Kier alpha value is 0.540. The molecule has 0 spiro atoms. The highest BCUT2D eigenvalue weighted by atomic mass is 35.5. The SMILES string of the molecule is CCC(Cl)(Cl)OC. The van der Waals surface area contributed by atoms with Crippen LogP contribution in [0, 0.1) is 0 Å². The van der Waals surface area contributed by atoms with Gasteiger partial charge >= 0.3 is 0 Å². The smallest absolute Gasteiger partial charge is 0.216 e. The van der Waals surface area contributed by atoms with Gasteiger partial charge in [0.05, 0.1) is 0 Å². The van der Waals surface area contributed by atoms with Crippen molar-refractivity contribution in [1.82, 2.24) is 0 Å². The number of methoxy groups -OCH3 is 1. The third kappa shape index (κ3) is 3.15. The molecule has 0 aliphatic heterocycles. The van der Waals surface area contributed by atoms with Gasteiger partial charge in [0.1, 0.15) is 0 Å². The average Bonchev–Trinajstić information content (AvgIpc) is 1.68. The molecule has 0 aliphatic carbocycles. The summed E-state index contributed by atoms with van der Waals surface area (Å²) in [5, 5.41) is 0. The molecule has 0 unspecified atom stereocenters. The van der Waals surface area contributed by atoms with E-state index in [4.69, 9.17) is 23.2 Å². The van der Waals surface area contributed by atoms with E-state index < -0.39 is 4.52 Å². The van der Waals surface area contributed by atoms with Crippen molar-refractivity contribution in [2.45, 2.75) is 17.9 Å². The summed E-state index contributed by atoms with van der Waals surface area (Å²) in [7, 11) is 1.48. The minimum Gasteiger partial charge on any atom is -0.350 e. The second kappa shape index (κ2) is 2.75. The van der Waals surface area contributed by atoms with Crippen LogP contribution in [0.1, 0.15) is 13.3 Å². The van der Waals surface area contributed by atoms with E-state index in [1.807, 2.05) is 6.92 Å². The molecule has 0 aromatic heterocycles. The van der Waals surface area contributed by atoms with Gasteiger partial charge in [-0.2, -0.15) is 0 Å². The first-order valence-corrected chi connectivity index (χ1v) is 2.81. The van der Waals surface area contributed by atoms with Crippen LogP contribution < -0.4 is 0 Å². The Labute approximate surface area is 53.6 Å². The van der Waals surface area contributed by atoms with Gasteiger partial charge in [0.15, 0.2) is 0 Å². The third-order valence-corrected chi connectivity index (χ3v) is 1.55.